The molecule has 3 aromatic carbocycles. The van der Waals surface area contributed by atoms with Crippen molar-refractivity contribution in [3.05, 3.63) is 72.3 Å². The molecule has 0 radical (unpaired) electrons. The molecule has 1 heterocycles. The molecule has 1 aliphatic carbocycles. The van der Waals surface area contributed by atoms with Crippen LogP contribution in [0.2, 0.25) is 0 Å². The molecule has 1 N–H and O–H groups in total. The lowest BCUT2D eigenvalue weighted by atomic mass is 9.86. The molecule has 0 bridgehead atoms. The summed E-state index contributed by atoms with van der Waals surface area (Å²) in [7, 11) is 3.99. The number of nitrogens with one attached hydrogen (secondary N) is 1. The van der Waals surface area contributed by atoms with Crippen molar-refractivity contribution in [2.45, 2.75) is 44.8 Å². The van der Waals surface area contributed by atoms with Crippen LogP contribution in [0.5, 0.6) is 0 Å². The quantitative estimate of drug-likeness (QED) is 0.344. The monoisotopic (exact) mass is 468 g/mol. The topological polar surface area (TPSA) is 67.3 Å². The van der Waals surface area contributed by atoms with Gasteiger partial charge in [-0.15, -0.1) is 0 Å². The zero-order chi connectivity index (χ0) is 24.4. The smallest absolute Gasteiger partial charge is 0.309 e. The van der Waals surface area contributed by atoms with Gasteiger partial charge < -0.3 is 15.0 Å². The third-order valence-corrected chi connectivity index (χ3v) is 6.94. The summed E-state index contributed by atoms with van der Waals surface area (Å²) in [6, 6.07) is 22.8. The fraction of sp³-hybridized carbons (Fsp3) is 0.345. The highest BCUT2D eigenvalue weighted by Crippen LogP contribution is 2.31. The van der Waals surface area contributed by atoms with Crippen molar-refractivity contribution in [1.82, 2.24) is 9.97 Å². The number of carbonyl (C=O) groups is 1. The molecule has 1 atom stereocenters. The lowest BCUT2D eigenvalue weighted by Crippen LogP contribution is -2.31. The van der Waals surface area contributed by atoms with Gasteiger partial charge in [0, 0.05) is 25.5 Å². The van der Waals surface area contributed by atoms with Crippen molar-refractivity contribution < 1.29 is 9.53 Å². The molecule has 1 aliphatic rings. The number of aromatic nitrogens is 2. The number of hydrogen-bond acceptors (Lipinski definition) is 6. The van der Waals surface area contributed by atoms with Crippen LogP contribution in [0, 0.1) is 5.92 Å². The molecule has 0 saturated heterocycles. The van der Waals surface area contributed by atoms with Crippen LogP contribution >= 0.6 is 0 Å². The Morgan fingerprint density at radius 1 is 0.943 bits per heavy atom. The molecule has 1 unspecified atom stereocenters. The fourth-order valence-electron chi connectivity index (χ4n) is 4.92. The Bertz CT molecular complexity index is 1350. The third-order valence-electron chi connectivity index (χ3n) is 6.94. The van der Waals surface area contributed by atoms with E-state index in [-0.39, 0.29) is 24.0 Å². The Morgan fingerprint density at radius 3 is 2.43 bits per heavy atom. The van der Waals surface area contributed by atoms with Crippen LogP contribution in [-0.4, -0.2) is 36.1 Å². The van der Waals surface area contributed by atoms with Crippen molar-refractivity contribution in [3.8, 4) is 0 Å². The van der Waals surface area contributed by atoms with Crippen molar-refractivity contribution in [1.29, 1.82) is 0 Å². The summed E-state index contributed by atoms with van der Waals surface area (Å²) in [5.41, 5.74) is 1.95. The van der Waals surface area contributed by atoms with E-state index in [1.165, 1.54) is 5.39 Å². The Kier molecular flexibility index (Phi) is 6.53. The van der Waals surface area contributed by atoms with Crippen LogP contribution < -0.4 is 10.2 Å². The molecule has 5 rings (SSSR count). The van der Waals surface area contributed by atoms with Gasteiger partial charge in [-0.05, 0) is 67.1 Å². The molecular weight excluding hydrogens is 436 g/mol. The van der Waals surface area contributed by atoms with E-state index < -0.39 is 0 Å². The molecule has 4 aromatic rings. The van der Waals surface area contributed by atoms with E-state index in [2.05, 4.69) is 29.6 Å². The van der Waals surface area contributed by atoms with Crippen LogP contribution in [0.1, 0.15) is 44.3 Å². The highest BCUT2D eigenvalue weighted by molar-refractivity contribution is 5.90. The molecule has 6 heteroatoms. The first-order chi connectivity index (χ1) is 17.0. The van der Waals surface area contributed by atoms with Crippen molar-refractivity contribution in [2.24, 2.45) is 5.92 Å². The van der Waals surface area contributed by atoms with Crippen LogP contribution in [0.25, 0.3) is 21.7 Å². The number of rotatable bonds is 6. The number of benzene rings is 3. The predicted molar refractivity (Wildman–Crippen MR) is 142 cm³/mol. The molecule has 1 fully saturated rings. The first-order valence-corrected chi connectivity index (χ1v) is 12.4. The van der Waals surface area contributed by atoms with Crippen molar-refractivity contribution >= 4 is 39.4 Å². The average Bonchev–Trinajstić information content (AvgIpc) is 2.88. The zero-order valence-electron chi connectivity index (χ0n) is 20.6. The van der Waals surface area contributed by atoms with E-state index in [9.17, 15) is 4.79 Å². The minimum Gasteiger partial charge on any atom is -0.458 e. The Hall–Kier alpha value is -3.67. The fourth-order valence-corrected chi connectivity index (χ4v) is 4.92. The molecule has 1 aromatic heterocycles. The van der Waals surface area contributed by atoms with Crippen molar-refractivity contribution in [2.75, 3.05) is 24.3 Å². The number of hydrogen-bond donors (Lipinski definition) is 1. The molecular formula is C29H32N4O2. The maximum absolute atomic E-state index is 12.9. The summed E-state index contributed by atoms with van der Waals surface area (Å²) >= 11 is 0. The maximum Gasteiger partial charge on any atom is 0.309 e. The summed E-state index contributed by atoms with van der Waals surface area (Å²) in [4.78, 5) is 24.4. The molecule has 180 valence electrons. The van der Waals surface area contributed by atoms with Gasteiger partial charge in [0.2, 0.25) is 5.95 Å². The van der Waals surface area contributed by atoms with Crippen LogP contribution in [0.15, 0.2) is 66.7 Å². The Morgan fingerprint density at radius 2 is 1.66 bits per heavy atom. The first kappa shape index (κ1) is 23.1. The van der Waals surface area contributed by atoms with E-state index in [4.69, 9.17) is 14.7 Å². The summed E-state index contributed by atoms with van der Waals surface area (Å²) in [5, 5.41) is 6.90. The number of carbonyl (C=O) groups excluding carboxylic acids is 1. The molecule has 0 aliphatic heterocycles. The average molecular weight is 469 g/mol. The molecule has 1 saturated carbocycles. The van der Waals surface area contributed by atoms with E-state index in [0.29, 0.717) is 5.95 Å². The minimum atomic E-state index is -0.265. The van der Waals surface area contributed by atoms with Crippen LogP contribution in [-0.2, 0) is 9.53 Å². The van der Waals surface area contributed by atoms with Gasteiger partial charge in [0.25, 0.3) is 0 Å². The van der Waals surface area contributed by atoms with Crippen LogP contribution in [0.4, 0.5) is 11.8 Å². The van der Waals surface area contributed by atoms with E-state index >= 15 is 0 Å². The Labute approximate surface area is 206 Å². The van der Waals surface area contributed by atoms with Gasteiger partial charge in [0.1, 0.15) is 11.9 Å². The SMILES string of the molecule is CC(OC(=O)C1CCC(Nc2nc(N(C)C)c3ccccc3n2)CC1)c1ccc2ccccc2c1. The summed E-state index contributed by atoms with van der Waals surface area (Å²) in [6.45, 7) is 1.95. The second-order valence-corrected chi connectivity index (χ2v) is 9.66. The number of nitrogens with zero attached hydrogens (tertiary/aromatic N) is 3. The first-order valence-electron chi connectivity index (χ1n) is 12.4. The lowest BCUT2D eigenvalue weighted by Gasteiger charge is -2.29. The zero-order valence-corrected chi connectivity index (χ0v) is 20.6. The highest BCUT2D eigenvalue weighted by atomic mass is 16.5. The van der Waals surface area contributed by atoms with Gasteiger partial charge >= 0.3 is 5.97 Å². The standard InChI is InChI=1S/C29H32N4O2/c1-19(22-13-12-20-8-4-5-9-23(20)18-22)35-28(34)21-14-16-24(17-15-21)30-29-31-26-11-7-6-10-25(26)27(32-29)33(2)3/h4-13,18-19,21,24H,14-17H2,1-3H3,(H,30,31,32). The summed E-state index contributed by atoms with van der Waals surface area (Å²) in [5.74, 6) is 1.38. The number of ether oxygens (including phenoxy) is 1. The second kappa shape index (κ2) is 9.90. The molecule has 35 heavy (non-hydrogen) atoms. The predicted octanol–water partition coefficient (Wildman–Crippen LogP) is 6.12. The van der Waals surface area contributed by atoms with Gasteiger partial charge in [-0.25, -0.2) is 4.98 Å². The molecule has 6 nitrogen and oxygen atoms in total. The van der Waals surface area contributed by atoms with Gasteiger partial charge in [0.15, 0.2) is 0 Å². The second-order valence-electron chi connectivity index (χ2n) is 9.66. The van der Waals surface area contributed by atoms with E-state index in [0.717, 1.165) is 53.4 Å². The highest BCUT2D eigenvalue weighted by Gasteiger charge is 2.29. The largest absolute Gasteiger partial charge is 0.458 e. The normalized spacial score (nSPS) is 18.8. The summed E-state index contributed by atoms with van der Waals surface area (Å²) < 4.78 is 5.88. The van der Waals surface area contributed by atoms with Crippen LogP contribution in [0.3, 0.4) is 0 Å². The van der Waals surface area contributed by atoms with Gasteiger partial charge in [-0.2, -0.15) is 4.98 Å². The van der Waals surface area contributed by atoms with Gasteiger partial charge in [0.05, 0.1) is 11.4 Å². The van der Waals surface area contributed by atoms with E-state index in [1.54, 1.807) is 0 Å². The van der Waals surface area contributed by atoms with Gasteiger partial charge in [-0.3, -0.25) is 4.79 Å². The third kappa shape index (κ3) is 5.06. The Balaban J connectivity index is 1.19. The van der Waals surface area contributed by atoms with E-state index in [1.807, 2.05) is 68.4 Å². The van der Waals surface area contributed by atoms with Crippen molar-refractivity contribution in [3.63, 3.8) is 0 Å². The van der Waals surface area contributed by atoms with Gasteiger partial charge in [-0.1, -0.05) is 48.5 Å². The number of esters is 1. The number of fused-ring (bicyclic) bond motifs is 2. The molecule has 0 amide bonds. The summed E-state index contributed by atoms with van der Waals surface area (Å²) in [6.07, 6.45) is 3.11. The number of anilines is 2. The number of para-hydroxylation sites is 1. The maximum atomic E-state index is 12.9. The lowest BCUT2D eigenvalue weighted by molar-refractivity contribution is -0.154. The minimum absolute atomic E-state index is 0.0641. The molecule has 0 spiro atoms.